The van der Waals surface area contributed by atoms with Crippen molar-refractivity contribution >= 4 is 28.3 Å². The third kappa shape index (κ3) is 5.12. The van der Waals surface area contributed by atoms with Crippen molar-refractivity contribution in [2.45, 2.75) is 20.0 Å². The fourth-order valence-corrected chi connectivity index (χ4v) is 2.24. The second-order valence-electron chi connectivity index (χ2n) is 4.15. The van der Waals surface area contributed by atoms with E-state index in [0.717, 1.165) is 28.9 Å². The Morgan fingerprint density at radius 3 is 2.80 bits per heavy atom. The summed E-state index contributed by atoms with van der Waals surface area (Å²) >= 11 is 3.49. The lowest BCUT2D eigenvalue weighted by molar-refractivity contribution is 0.335. The first-order valence-electron chi connectivity index (χ1n) is 6.30. The molecule has 0 atom stereocenters. The van der Waals surface area contributed by atoms with Crippen molar-refractivity contribution in [3.63, 3.8) is 0 Å². The second kappa shape index (κ2) is 8.95. The summed E-state index contributed by atoms with van der Waals surface area (Å²) in [6, 6.07) is 10.1. The van der Waals surface area contributed by atoms with Crippen molar-refractivity contribution in [3.8, 4) is 5.75 Å². The van der Waals surface area contributed by atoms with Crippen molar-refractivity contribution in [2.24, 2.45) is 0 Å². The molecule has 0 aliphatic carbocycles. The number of nitrogens with one attached hydrogen (secondary N) is 1. The van der Waals surface area contributed by atoms with E-state index in [9.17, 15) is 0 Å². The molecule has 1 aromatic heterocycles. The number of benzene rings is 1. The molecule has 0 saturated carbocycles. The minimum atomic E-state index is 0. The highest BCUT2D eigenvalue weighted by Gasteiger charge is 2.04. The molecule has 1 aromatic carbocycles. The normalized spacial score (nSPS) is 9.90. The predicted molar refractivity (Wildman–Crippen MR) is 87.3 cm³/mol. The summed E-state index contributed by atoms with van der Waals surface area (Å²) in [5.74, 6) is 0.935. The van der Waals surface area contributed by atoms with Crippen LogP contribution in [0.5, 0.6) is 5.75 Å². The van der Waals surface area contributed by atoms with Gasteiger partial charge in [0, 0.05) is 35.5 Å². The van der Waals surface area contributed by atoms with Crippen LogP contribution >= 0.6 is 28.3 Å². The van der Waals surface area contributed by atoms with Gasteiger partial charge < -0.3 is 10.1 Å². The lowest BCUT2D eigenvalue weighted by Crippen LogP contribution is -2.13. The van der Waals surface area contributed by atoms with Gasteiger partial charge in [0.2, 0.25) is 0 Å². The van der Waals surface area contributed by atoms with Crippen LogP contribution in [0.2, 0.25) is 0 Å². The third-order valence-electron chi connectivity index (χ3n) is 2.69. The van der Waals surface area contributed by atoms with E-state index in [-0.39, 0.29) is 12.4 Å². The van der Waals surface area contributed by atoms with Gasteiger partial charge in [-0.3, -0.25) is 4.98 Å². The molecule has 2 rings (SSSR count). The maximum Gasteiger partial charge on any atom is 0.123 e. The van der Waals surface area contributed by atoms with Crippen LogP contribution in [0.15, 0.2) is 47.2 Å². The van der Waals surface area contributed by atoms with Crippen LogP contribution in [0, 0.1) is 0 Å². The highest BCUT2D eigenvalue weighted by atomic mass is 79.9. The van der Waals surface area contributed by atoms with E-state index in [2.05, 4.69) is 38.4 Å². The maximum absolute atomic E-state index is 5.62. The van der Waals surface area contributed by atoms with Crippen molar-refractivity contribution in [1.82, 2.24) is 10.3 Å². The standard InChI is InChI=1S/C15H17BrN2O.ClH/c1-2-19-15-6-5-14(16)8-13(15)11-18-10-12-4-3-7-17-9-12;/h3-9,18H,2,10-11H2,1H3;1H. The van der Waals surface area contributed by atoms with E-state index < -0.39 is 0 Å². The van der Waals surface area contributed by atoms with Gasteiger partial charge >= 0.3 is 0 Å². The van der Waals surface area contributed by atoms with Crippen molar-refractivity contribution in [3.05, 3.63) is 58.3 Å². The number of halogens is 2. The second-order valence-corrected chi connectivity index (χ2v) is 5.07. The molecule has 0 fully saturated rings. The largest absolute Gasteiger partial charge is 0.494 e. The molecule has 0 radical (unpaired) electrons. The van der Waals surface area contributed by atoms with E-state index in [0.29, 0.717) is 6.61 Å². The molecule has 5 heteroatoms. The number of pyridine rings is 1. The minimum absolute atomic E-state index is 0. The Kier molecular flexibility index (Phi) is 7.59. The van der Waals surface area contributed by atoms with Crippen LogP contribution in [-0.2, 0) is 13.1 Å². The molecular weight excluding hydrogens is 340 g/mol. The average molecular weight is 358 g/mol. The fraction of sp³-hybridized carbons (Fsp3) is 0.267. The van der Waals surface area contributed by atoms with E-state index in [1.807, 2.05) is 31.3 Å². The summed E-state index contributed by atoms with van der Waals surface area (Å²) < 4.78 is 6.69. The zero-order valence-corrected chi connectivity index (χ0v) is 13.7. The van der Waals surface area contributed by atoms with E-state index >= 15 is 0 Å². The molecule has 2 aromatic rings. The van der Waals surface area contributed by atoms with Crippen molar-refractivity contribution < 1.29 is 4.74 Å². The average Bonchev–Trinajstić information content (AvgIpc) is 2.43. The number of rotatable bonds is 6. The quantitative estimate of drug-likeness (QED) is 0.850. The Morgan fingerprint density at radius 1 is 1.25 bits per heavy atom. The molecule has 1 heterocycles. The van der Waals surface area contributed by atoms with Crippen LogP contribution in [0.3, 0.4) is 0 Å². The van der Waals surface area contributed by atoms with Crippen LogP contribution in [0.25, 0.3) is 0 Å². The van der Waals surface area contributed by atoms with Crippen molar-refractivity contribution in [2.75, 3.05) is 6.61 Å². The van der Waals surface area contributed by atoms with Gasteiger partial charge in [0.1, 0.15) is 5.75 Å². The van der Waals surface area contributed by atoms with Crippen LogP contribution < -0.4 is 10.1 Å². The van der Waals surface area contributed by atoms with Gasteiger partial charge in [0.15, 0.2) is 0 Å². The van der Waals surface area contributed by atoms with Gasteiger partial charge in [0.05, 0.1) is 6.61 Å². The summed E-state index contributed by atoms with van der Waals surface area (Å²) in [6.07, 6.45) is 3.66. The molecule has 0 spiro atoms. The van der Waals surface area contributed by atoms with E-state index in [1.54, 1.807) is 6.20 Å². The minimum Gasteiger partial charge on any atom is -0.494 e. The number of hydrogen-bond acceptors (Lipinski definition) is 3. The van der Waals surface area contributed by atoms with Gasteiger partial charge in [0.25, 0.3) is 0 Å². The fourth-order valence-electron chi connectivity index (χ4n) is 1.83. The van der Waals surface area contributed by atoms with E-state index in [4.69, 9.17) is 4.74 Å². The van der Waals surface area contributed by atoms with Gasteiger partial charge in [-0.1, -0.05) is 22.0 Å². The third-order valence-corrected chi connectivity index (χ3v) is 3.18. The van der Waals surface area contributed by atoms with Crippen LogP contribution in [-0.4, -0.2) is 11.6 Å². The Balaban J connectivity index is 0.00000200. The summed E-state index contributed by atoms with van der Waals surface area (Å²) in [5.41, 5.74) is 2.33. The molecule has 0 aliphatic rings. The molecule has 0 amide bonds. The highest BCUT2D eigenvalue weighted by molar-refractivity contribution is 9.10. The number of nitrogens with zero attached hydrogens (tertiary/aromatic N) is 1. The molecule has 3 nitrogen and oxygen atoms in total. The number of hydrogen-bond donors (Lipinski definition) is 1. The van der Waals surface area contributed by atoms with Gasteiger partial charge in [-0.05, 0) is 36.8 Å². The lowest BCUT2D eigenvalue weighted by Gasteiger charge is -2.11. The van der Waals surface area contributed by atoms with Gasteiger partial charge in [-0.25, -0.2) is 0 Å². The SMILES string of the molecule is CCOc1ccc(Br)cc1CNCc1cccnc1.Cl. The van der Waals surface area contributed by atoms with Gasteiger partial charge in [-0.15, -0.1) is 12.4 Å². The molecule has 0 aliphatic heterocycles. The monoisotopic (exact) mass is 356 g/mol. The Morgan fingerprint density at radius 2 is 2.10 bits per heavy atom. The first-order chi connectivity index (χ1) is 9.29. The molecule has 20 heavy (non-hydrogen) atoms. The molecular formula is C15H18BrClN2O. The van der Waals surface area contributed by atoms with Gasteiger partial charge in [-0.2, -0.15) is 0 Å². The van der Waals surface area contributed by atoms with Crippen molar-refractivity contribution in [1.29, 1.82) is 0 Å². The summed E-state index contributed by atoms with van der Waals surface area (Å²) in [7, 11) is 0. The first kappa shape index (κ1) is 17.0. The lowest BCUT2D eigenvalue weighted by atomic mass is 10.2. The molecule has 0 bridgehead atoms. The van der Waals surface area contributed by atoms with Crippen LogP contribution in [0.4, 0.5) is 0 Å². The maximum atomic E-state index is 5.62. The Hall–Kier alpha value is -1.10. The smallest absolute Gasteiger partial charge is 0.123 e. The molecule has 0 unspecified atom stereocenters. The topological polar surface area (TPSA) is 34.1 Å². The predicted octanol–water partition coefficient (Wildman–Crippen LogP) is 3.95. The molecule has 108 valence electrons. The first-order valence-corrected chi connectivity index (χ1v) is 7.09. The summed E-state index contributed by atoms with van der Waals surface area (Å²) in [5, 5.41) is 3.40. The highest BCUT2D eigenvalue weighted by Crippen LogP contribution is 2.23. The van der Waals surface area contributed by atoms with E-state index in [1.165, 1.54) is 5.56 Å². The molecule has 1 N–H and O–H groups in total. The summed E-state index contributed by atoms with van der Waals surface area (Å²) in [4.78, 5) is 4.10. The number of aromatic nitrogens is 1. The Labute approximate surface area is 134 Å². The number of ether oxygens (including phenoxy) is 1. The molecule has 0 saturated heterocycles. The Bertz CT molecular complexity index is 523. The zero-order valence-electron chi connectivity index (χ0n) is 11.3. The zero-order chi connectivity index (χ0) is 13.5. The summed E-state index contributed by atoms with van der Waals surface area (Å²) in [6.45, 7) is 4.24. The van der Waals surface area contributed by atoms with Crippen LogP contribution in [0.1, 0.15) is 18.1 Å².